The Hall–Kier alpha value is -1.17. The van der Waals surface area contributed by atoms with Gasteiger partial charge in [0.15, 0.2) is 0 Å². The number of rotatable bonds is 3. The molecule has 0 saturated carbocycles. The number of aromatic nitrogens is 2. The van der Waals surface area contributed by atoms with E-state index in [1.54, 1.807) is 18.0 Å². The van der Waals surface area contributed by atoms with E-state index in [0.29, 0.717) is 10.4 Å². The maximum Gasteiger partial charge on any atom is 0.236 e. The summed E-state index contributed by atoms with van der Waals surface area (Å²) >= 11 is 3.35. The number of hydrogen-bond acceptors (Lipinski definition) is 4. The van der Waals surface area contributed by atoms with Crippen LogP contribution in [0.1, 0.15) is 26.6 Å². The first-order valence-corrected chi connectivity index (χ1v) is 6.04. The minimum absolute atomic E-state index is 0.132. The van der Waals surface area contributed by atoms with E-state index >= 15 is 0 Å². The predicted octanol–water partition coefficient (Wildman–Crippen LogP) is 1.46. The Balaban J connectivity index is 3.09. The lowest BCUT2D eigenvalue weighted by atomic mass is 9.96. The molecule has 0 saturated heterocycles. The Morgan fingerprint density at radius 3 is 2.53 bits per heavy atom. The monoisotopic (exact) mass is 300 g/mol. The first-order valence-electron chi connectivity index (χ1n) is 5.24. The molecule has 0 bridgehead atoms. The van der Waals surface area contributed by atoms with Crippen LogP contribution in [-0.2, 0) is 10.2 Å². The zero-order valence-corrected chi connectivity index (χ0v) is 12.1. The molecule has 2 N–H and O–H groups in total. The summed E-state index contributed by atoms with van der Waals surface area (Å²) in [6, 6.07) is 1.76. The summed E-state index contributed by atoms with van der Waals surface area (Å²) in [5.41, 5.74) is 5.01. The summed E-state index contributed by atoms with van der Waals surface area (Å²) in [6.45, 7) is 6.24. The highest BCUT2D eigenvalue weighted by Gasteiger charge is 2.19. The zero-order valence-electron chi connectivity index (χ0n) is 10.5. The standard InChI is InChI=1S/C11H17BrN4O/c1-11(2,3)10-14-7(12)5-9(15-10)16(4)6-8(13)17/h5H,6H2,1-4H3,(H2,13,17). The van der Waals surface area contributed by atoms with Crippen LogP contribution < -0.4 is 10.6 Å². The molecule has 94 valence electrons. The van der Waals surface area contributed by atoms with Crippen LogP contribution in [0.4, 0.5) is 5.82 Å². The minimum atomic E-state index is -0.389. The summed E-state index contributed by atoms with van der Waals surface area (Å²) in [6.07, 6.45) is 0. The van der Waals surface area contributed by atoms with Gasteiger partial charge in [-0.2, -0.15) is 0 Å². The first kappa shape index (κ1) is 13.9. The van der Waals surface area contributed by atoms with Gasteiger partial charge in [-0.3, -0.25) is 4.79 Å². The van der Waals surface area contributed by atoms with Crippen molar-refractivity contribution in [2.45, 2.75) is 26.2 Å². The maximum absolute atomic E-state index is 10.9. The number of primary amides is 1. The number of carbonyl (C=O) groups is 1. The highest BCUT2D eigenvalue weighted by molar-refractivity contribution is 9.10. The molecular weight excluding hydrogens is 284 g/mol. The molecule has 1 aromatic rings. The third kappa shape index (κ3) is 3.96. The Kier molecular flexibility index (Phi) is 4.08. The lowest BCUT2D eigenvalue weighted by Gasteiger charge is -2.21. The number of likely N-dealkylation sites (N-methyl/N-ethyl adjacent to an activating group) is 1. The molecule has 0 atom stereocenters. The van der Waals surface area contributed by atoms with E-state index in [4.69, 9.17) is 5.73 Å². The molecule has 1 amide bonds. The summed E-state index contributed by atoms with van der Waals surface area (Å²) in [5, 5.41) is 0. The molecule has 0 fully saturated rings. The van der Waals surface area contributed by atoms with E-state index in [9.17, 15) is 4.79 Å². The molecule has 6 heteroatoms. The van der Waals surface area contributed by atoms with Crippen molar-refractivity contribution in [2.75, 3.05) is 18.5 Å². The topological polar surface area (TPSA) is 72.1 Å². The average Bonchev–Trinajstić information content (AvgIpc) is 2.14. The van der Waals surface area contributed by atoms with Crippen LogP contribution in [0.25, 0.3) is 0 Å². The fourth-order valence-corrected chi connectivity index (χ4v) is 1.62. The van der Waals surface area contributed by atoms with Crippen LogP contribution in [0.2, 0.25) is 0 Å². The number of amides is 1. The fraction of sp³-hybridized carbons (Fsp3) is 0.545. The highest BCUT2D eigenvalue weighted by Crippen LogP contribution is 2.23. The number of carbonyl (C=O) groups excluding carboxylic acids is 1. The SMILES string of the molecule is CN(CC(N)=O)c1cc(Br)nc(C(C)(C)C)n1. The van der Waals surface area contributed by atoms with Gasteiger partial charge in [0.1, 0.15) is 16.2 Å². The van der Waals surface area contributed by atoms with Crippen molar-refractivity contribution in [3.8, 4) is 0 Å². The Morgan fingerprint density at radius 2 is 2.06 bits per heavy atom. The smallest absolute Gasteiger partial charge is 0.236 e. The first-order chi connectivity index (χ1) is 7.70. The van der Waals surface area contributed by atoms with Gasteiger partial charge in [-0.15, -0.1) is 0 Å². The van der Waals surface area contributed by atoms with Gasteiger partial charge in [-0.05, 0) is 15.9 Å². The van der Waals surface area contributed by atoms with Gasteiger partial charge in [-0.1, -0.05) is 20.8 Å². The van der Waals surface area contributed by atoms with E-state index in [-0.39, 0.29) is 17.9 Å². The molecule has 0 aromatic carbocycles. The van der Waals surface area contributed by atoms with Gasteiger partial charge in [0, 0.05) is 18.5 Å². The summed E-state index contributed by atoms with van der Waals surface area (Å²) in [4.78, 5) is 21.3. The van der Waals surface area contributed by atoms with Crippen LogP contribution in [0.5, 0.6) is 0 Å². The van der Waals surface area contributed by atoms with E-state index in [1.807, 2.05) is 20.8 Å². The average molecular weight is 301 g/mol. The summed E-state index contributed by atoms with van der Waals surface area (Å²) in [7, 11) is 1.77. The van der Waals surface area contributed by atoms with Gasteiger partial charge in [0.25, 0.3) is 0 Å². The van der Waals surface area contributed by atoms with Crippen molar-refractivity contribution < 1.29 is 4.79 Å². The Labute approximate surface area is 110 Å². The van der Waals surface area contributed by atoms with E-state index < -0.39 is 0 Å². The van der Waals surface area contributed by atoms with E-state index in [0.717, 1.165) is 5.82 Å². The zero-order chi connectivity index (χ0) is 13.2. The molecule has 17 heavy (non-hydrogen) atoms. The van der Waals surface area contributed by atoms with Crippen LogP contribution in [-0.4, -0.2) is 29.5 Å². The fourth-order valence-electron chi connectivity index (χ4n) is 1.25. The minimum Gasteiger partial charge on any atom is -0.368 e. The van der Waals surface area contributed by atoms with Crippen molar-refractivity contribution in [1.82, 2.24) is 9.97 Å². The second-order valence-corrected chi connectivity index (χ2v) is 5.76. The quantitative estimate of drug-likeness (QED) is 0.858. The predicted molar refractivity (Wildman–Crippen MR) is 70.9 cm³/mol. The second kappa shape index (κ2) is 5.00. The molecule has 1 aromatic heterocycles. The van der Waals surface area contributed by atoms with Gasteiger partial charge < -0.3 is 10.6 Å². The van der Waals surface area contributed by atoms with E-state index in [2.05, 4.69) is 25.9 Å². The lowest BCUT2D eigenvalue weighted by molar-refractivity contribution is -0.116. The summed E-state index contributed by atoms with van der Waals surface area (Å²) in [5.74, 6) is 1.01. The number of nitrogens with two attached hydrogens (primary N) is 1. The van der Waals surface area contributed by atoms with Crippen molar-refractivity contribution in [3.05, 3.63) is 16.5 Å². The molecule has 5 nitrogen and oxygen atoms in total. The van der Waals surface area contributed by atoms with Crippen molar-refractivity contribution in [1.29, 1.82) is 0 Å². The summed E-state index contributed by atoms with van der Waals surface area (Å²) < 4.78 is 0.698. The molecule has 1 rings (SSSR count). The number of nitrogens with zero attached hydrogens (tertiary/aromatic N) is 3. The van der Waals surface area contributed by atoms with Crippen molar-refractivity contribution in [3.63, 3.8) is 0 Å². The molecule has 0 unspecified atom stereocenters. The van der Waals surface area contributed by atoms with E-state index in [1.165, 1.54) is 0 Å². The molecule has 1 heterocycles. The van der Waals surface area contributed by atoms with Gasteiger partial charge in [-0.25, -0.2) is 9.97 Å². The molecule has 0 radical (unpaired) electrons. The lowest BCUT2D eigenvalue weighted by Crippen LogP contribution is -2.31. The van der Waals surface area contributed by atoms with Gasteiger partial charge in [0.05, 0.1) is 6.54 Å². The van der Waals surface area contributed by atoms with Gasteiger partial charge >= 0.3 is 0 Å². The van der Waals surface area contributed by atoms with Crippen molar-refractivity contribution >= 4 is 27.7 Å². The van der Waals surface area contributed by atoms with Crippen LogP contribution in [0.3, 0.4) is 0 Å². The highest BCUT2D eigenvalue weighted by atomic mass is 79.9. The largest absolute Gasteiger partial charge is 0.368 e. The van der Waals surface area contributed by atoms with Crippen molar-refractivity contribution in [2.24, 2.45) is 5.73 Å². The third-order valence-corrected chi connectivity index (χ3v) is 2.54. The number of anilines is 1. The van der Waals surface area contributed by atoms with Crippen LogP contribution in [0, 0.1) is 0 Å². The molecular formula is C11H17BrN4O. The normalized spacial score (nSPS) is 11.4. The number of halogens is 1. The Morgan fingerprint density at radius 1 is 1.47 bits per heavy atom. The van der Waals surface area contributed by atoms with Crippen LogP contribution >= 0.6 is 15.9 Å². The molecule has 0 spiro atoms. The van der Waals surface area contributed by atoms with Crippen LogP contribution in [0.15, 0.2) is 10.7 Å². The maximum atomic E-state index is 10.9. The molecule has 0 aliphatic heterocycles. The third-order valence-electron chi connectivity index (χ3n) is 2.14. The molecule has 0 aliphatic carbocycles. The second-order valence-electron chi connectivity index (χ2n) is 4.94. The Bertz CT molecular complexity index is 428. The number of hydrogen-bond donors (Lipinski definition) is 1. The van der Waals surface area contributed by atoms with Gasteiger partial charge in [0.2, 0.25) is 5.91 Å². The molecule has 0 aliphatic rings.